The molecule has 0 spiro atoms. The molecule has 0 aliphatic heterocycles. The largest absolute Gasteiger partial charge is 0.330 e. The van der Waals surface area contributed by atoms with Gasteiger partial charge in [-0.3, -0.25) is 14.3 Å². The molecule has 0 bridgehead atoms. The van der Waals surface area contributed by atoms with Crippen LogP contribution >= 0.6 is 11.6 Å². The summed E-state index contributed by atoms with van der Waals surface area (Å²) in [5, 5.41) is 8.50. The molecular formula is C18H12ClN5O2. The second-order valence-corrected chi connectivity index (χ2v) is 6.08. The van der Waals surface area contributed by atoms with Gasteiger partial charge in [-0.05, 0) is 29.8 Å². The van der Waals surface area contributed by atoms with Crippen LogP contribution in [0.2, 0.25) is 5.02 Å². The van der Waals surface area contributed by atoms with E-state index in [4.69, 9.17) is 11.6 Å². The van der Waals surface area contributed by atoms with Gasteiger partial charge < -0.3 is 0 Å². The number of hydrogen-bond acceptors (Lipinski definition) is 5. The van der Waals surface area contributed by atoms with Crippen molar-refractivity contribution in [3.63, 3.8) is 0 Å². The van der Waals surface area contributed by atoms with Crippen LogP contribution in [0, 0.1) is 0 Å². The van der Waals surface area contributed by atoms with Crippen molar-refractivity contribution in [1.29, 1.82) is 0 Å². The van der Waals surface area contributed by atoms with Crippen LogP contribution < -0.4 is 11.2 Å². The van der Waals surface area contributed by atoms with E-state index in [1.165, 1.54) is 0 Å². The zero-order valence-corrected chi connectivity index (χ0v) is 14.1. The maximum atomic E-state index is 12.8. The van der Waals surface area contributed by atoms with Crippen LogP contribution in [0.3, 0.4) is 0 Å². The lowest BCUT2D eigenvalue weighted by Gasteiger charge is -2.06. The molecule has 26 heavy (non-hydrogen) atoms. The van der Waals surface area contributed by atoms with Gasteiger partial charge in [-0.1, -0.05) is 41.9 Å². The number of fused-ring (bicyclic) bond motifs is 1. The van der Waals surface area contributed by atoms with E-state index in [2.05, 4.69) is 20.2 Å². The predicted molar refractivity (Wildman–Crippen MR) is 98.2 cm³/mol. The molecule has 128 valence electrons. The van der Waals surface area contributed by atoms with E-state index in [0.717, 1.165) is 10.1 Å². The van der Waals surface area contributed by atoms with Crippen LogP contribution in [0.4, 0.5) is 0 Å². The summed E-state index contributed by atoms with van der Waals surface area (Å²) in [4.78, 5) is 31.9. The lowest BCUT2D eigenvalue weighted by Crippen LogP contribution is -2.36. The normalized spacial score (nSPS) is 11.0. The Kier molecular flexibility index (Phi) is 4.06. The zero-order chi connectivity index (χ0) is 18.1. The Morgan fingerprint density at radius 2 is 1.69 bits per heavy atom. The number of halogens is 1. The summed E-state index contributed by atoms with van der Waals surface area (Å²) in [6, 6.07) is 16.1. The Labute approximate surface area is 151 Å². The molecule has 0 aliphatic rings. The number of nitrogens with zero attached hydrogens (tertiary/aromatic N) is 4. The number of hydrogen-bond donors (Lipinski definition) is 1. The van der Waals surface area contributed by atoms with Crippen molar-refractivity contribution in [3.8, 4) is 11.4 Å². The van der Waals surface area contributed by atoms with Gasteiger partial charge in [-0.15, -0.1) is 10.2 Å². The molecule has 0 aliphatic carbocycles. The van der Waals surface area contributed by atoms with Crippen LogP contribution in [0.1, 0.15) is 5.56 Å². The van der Waals surface area contributed by atoms with Gasteiger partial charge >= 0.3 is 5.69 Å². The van der Waals surface area contributed by atoms with E-state index in [9.17, 15) is 9.59 Å². The molecule has 1 N–H and O–H groups in total. The van der Waals surface area contributed by atoms with Crippen LogP contribution in [0.5, 0.6) is 0 Å². The first-order chi connectivity index (χ1) is 12.6. The third kappa shape index (κ3) is 3.00. The highest BCUT2D eigenvalue weighted by Gasteiger charge is 2.13. The SMILES string of the molecule is O=c1[nH]c2nnc(-c3ccc(Cl)cc3)nc2c(=O)n1Cc1ccccc1. The first kappa shape index (κ1) is 16.2. The fraction of sp³-hybridized carbons (Fsp3) is 0.0556. The van der Waals surface area contributed by atoms with Crippen LogP contribution in [0.25, 0.3) is 22.6 Å². The molecule has 2 aromatic heterocycles. The maximum Gasteiger partial charge on any atom is 0.330 e. The fourth-order valence-corrected chi connectivity index (χ4v) is 2.70. The molecule has 0 amide bonds. The summed E-state index contributed by atoms with van der Waals surface area (Å²) < 4.78 is 1.10. The summed E-state index contributed by atoms with van der Waals surface area (Å²) in [7, 11) is 0. The maximum absolute atomic E-state index is 12.8. The number of nitrogens with one attached hydrogen (secondary N) is 1. The Balaban J connectivity index is 1.86. The summed E-state index contributed by atoms with van der Waals surface area (Å²) in [6.07, 6.45) is 0. The van der Waals surface area contributed by atoms with Gasteiger partial charge in [0.1, 0.15) is 0 Å². The number of aromatic nitrogens is 5. The van der Waals surface area contributed by atoms with Gasteiger partial charge in [0.2, 0.25) is 0 Å². The number of benzene rings is 2. The monoisotopic (exact) mass is 365 g/mol. The third-order valence-electron chi connectivity index (χ3n) is 3.89. The van der Waals surface area contributed by atoms with E-state index in [1.54, 1.807) is 24.3 Å². The zero-order valence-electron chi connectivity index (χ0n) is 13.4. The first-order valence-corrected chi connectivity index (χ1v) is 8.17. The first-order valence-electron chi connectivity index (χ1n) is 7.79. The molecule has 7 nitrogen and oxygen atoms in total. The summed E-state index contributed by atoms with van der Waals surface area (Å²) in [5.41, 5.74) is 0.547. The fourth-order valence-electron chi connectivity index (χ4n) is 2.58. The van der Waals surface area contributed by atoms with Gasteiger partial charge in [0, 0.05) is 10.6 Å². The van der Waals surface area contributed by atoms with Gasteiger partial charge in [-0.25, -0.2) is 9.78 Å². The lowest BCUT2D eigenvalue weighted by atomic mass is 10.2. The van der Waals surface area contributed by atoms with E-state index >= 15 is 0 Å². The quantitative estimate of drug-likeness (QED) is 0.601. The highest BCUT2D eigenvalue weighted by Crippen LogP contribution is 2.17. The molecule has 0 fully saturated rings. The van der Waals surface area contributed by atoms with E-state index < -0.39 is 11.2 Å². The lowest BCUT2D eigenvalue weighted by molar-refractivity contribution is 0.705. The Hall–Kier alpha value is -3.32. The second-order valence-electron chi connectivity index (χ2n) is 5.65. The van der Waals surface area contributed by atoms with Crippen LogP contribution in [0.15, 0.2) is 64.2 Å². The third-order valence-corrected chi connectivity index (χ3v) is 4.14. The standard InChI is InChI=1S/C18H12ClN5O2/c19-13-8-6-12(7-9-13)15-20-14-16(23-22-15)21-18(26)24(17(14)25)10-11-4-2-1-3-5-11/h1-9H,10H2,(H,21,23,26). The molecule has 4 aromatic rings. The Bertz CT molecular complexity index is 1200. The van der Waals surface area contributed by atoms with E-state index in [1.807, 2.05) is 30.3 Å². The molecule has 0 saturated carbocycles. The highest BCUT2D eigenvalue weighted by molar-refractivity contribution is 6.30. The summed E-state index contributed by atoms with van der Waals surface area (Å²) in [6.45, 7) is 0.144. The van der Waals surface area contributed by atoms with Gasteiger partial charge in [0.15, 0.2) is 17.0 Å². The average molecular weight is 366 g/mol. The summed E-state index contributed by atoms with van der Waals surface area (Å²) in [5.74, 6) is 0.282. The van der Waals surface area contributed by atoms with Crippen molar-refractivity contribution in [1.82, 2.24) is 24.7 Å². The van der Waals surface area contributed by atoms with Crippen molar-refractivity contribution < 1.29 is 0 Å². The van der Waals surface area contributed by atoms with Gasteiger partial charge in [-0.2, -0.15) is 0 Å². The molecule has 0 atom stereocenters. The minimum absolute atomic E-state index is 0.0560. The van der Waals surface area contributed by atoms with Crippen LogP contribution in [-0.4, -0.2) is 24.7 Å². The summed E-state index contributed by atoms with van der Waals surface area (Å²) >= 11 is 5.89. The average Bonchev–Trinajstić information content (AvgIpc) is 2.66. The number of H-pyrrole nitrogens is 1. The number of aromatic amines is 1. The van der Waals surface area contributed by atoms with Crippen molar-refractivity contribution in [2.24, 2.45) is 0 Å². The molecule has 4 rings (SSSR count). The van der Waals surface area contributed by atoms with Crippen LogP contribution in [-0.2, 0) is 6.54 Å². The molecule has 0 unspecified atom stereocenters. The minimum Gasteiger partial charge on any atom is -0.288 e. The van der Waals surface area contributed by atoms with Crippen molar-refractivity contribution in [3.05, 3.63) is 86.0 Å². The van der Waals surface area contributed by atoms with E-state index in [-0.39, 0.29) is 23.5 Å². The molecule has 2 heterocycles. The number of rotatable bonds is 3. The minimum atomic E-state index is -0.554. The Morgan fingerprint density at radius 3 is 2.42 bits per heavy atom. The molecule has 2 aromatic carbocycles. The van der Waals surface area contributed by atoms with Crippen molar-refractivity contribution >= 4 is 22.8 Å². The predicted octanol–water partition coefficient (Wildman–Crippen LogP) is 2.24. The van der Waals surface area contributed by atoms with E-state index in [0.29, 0.717) is 10.6 Å². The molecule has 8 heteroatoms. The van der Waals surface area contributed by atoms with Crippen molar-refractivity contribution in [2.45, 2.75) is 6.54 Å². The molecule has 0 radical (unpaired) electrons. The molecule has 0 saturated heterocycles. The van der Waals surface area contributed by atoms with Gasteiger partial charge in [0.05, 0.1) is 6.54 Å². The Morgan fingerprint density at radius 1 is 0.962 bits per heavy atom. The van der Waals surface area contributed by atoms with Gasteiger partial charge in [0.25, 0.3) is 5.56 Å². The smallest absolute Gasteiger partial charge is 0.288 e. The second kappa shape index (κ2) is 6.53. The topological polar surface area (TPSA) is 93.5 Å². The highest BCUT2D eigenvalue weighted by atomic mass is 35.5. The molecular weight excluding hydrogens is 354 g/mol. The van der Waals surface area contributed by atoms with Crippen molar-refractivity contribution in [2.75, 3.05) is 0 Å².